The second kappa shape index (κ2) is 4.27. The Morgan fingerprint density at radius 1 is 1.29 bits per heavy atom. The first kappa shape index (κ1) is 10.4. The van der Waals surface area contributed by atoms with Gasteiger partial charge in [0.2, 0.25) is 5.89 Å². The van der Waals surface area contributed by atoms with Crippen LogP contribution in [-0.4, -0.2) is 14.6 Å². The molecule has 0 aliphatic rings. The topological polar surface area (TPSA) is 51.8 Å². The van der Waals surface area contributed by atoms with Crippen LogP contribution in [-0.2, 0) is 0 Å². The van der Waals surface area contributed by atoms with Crippen LogP contribution in [0.2, 0.25) is 5.02 Å². The maximum Gasteiger partial charge on any atom is 0.220 e. The van der Waals surface area contributed by atoms with Gasteiger partial charge in [-0.2, -0.15) is 0 Å². The van der Waals surface area contributed by atoms with E-state index in [1.165, 1.54) is 11.5 Å². The summed E-state index contributed by atoms with van der Waals surface area (Å²) in [4.78, 5) is 4.29. The summed E-state index contributed by atoms with van der Waals surface area (Å²) in [6.45, 7) is 0. The highest BCUT2D eigenvalue weighted by Crippen LogP contribution is 2.20. The van der Waals surface area contributed by atoms with Gasteiger partial charge in [-0.3, -0.25) is 0 Å². The second-order valence-electron chi connectivity index (χ2n) is 3.33. The van der Waals surface area contributed by atoms with E-state index < -0.39 is 0 Å². The lowest BCUT2D eigenvalue weighted by molar-refractivity contribution is 0.589. The molecular weight excluding hydrogens is 258 g/mol. The summed E-state index contributed by atoms with van der Waals surface area (Å²) in [5.41, 5.74) is 2.24. The van der Waals surface area contributed by atoms with Crippen LogP contribution in [0.3, 0.4) is 0 Å². The zero-order valence-electron chi connectivity index (χ0n) is 8.50. The summed E-state index contributed by atoms with van der Waals surface area (Å²) < 4.78 is 9.28. The van der Waals surface area contributed by atoms with Gasteiger partial charge in [-0.05, 0) is 35.8 Å². The van der Waals surface area contributed by atoms with E-state index >= 15 is 0 Å². The number of aromatic nitrogens is 3. The number of hydrogen-bond acceptors (Lipinski definition) is 5. The maximum atomic E-state index is 5.87. The zero-order valence-corrected chi connectivity index (χ0v) is 10.1. The van der Waals surface area contributed by atoms with Gasteiger partial charge < -0.3 is 4.42 Å². The number of benzene rings is 1. The first-order valence-corrected chi connectivity index (χ1v) is 6.04. The minimum absolute atomic E-state index is 0.523. The van der Waals surface area contributed by atoms with Gasteiger partial charge in [-0.1, -0.05) is 16.1 Å². The molecule has 0 radical (unpaired) electrons. The minimum Gasteiger partial charge on any atom is -0.437 e. The lowest BCUT2D eigenvalue weighted by Crippen LogP contribution is -1.72. The normalized spacial score (nSPS) is 11.6. The monoisotopic (exact) mass is 263 g/mol. The Morgan fingerprint density at radius 2 is 2.24 bits per heavy atom. The summed E-state index contributed by atoms with van der Waals surface area (Å²) in [7, 11) is 0. The number of nitrogens with zero attached hydrogens (tertiary/aromatic N) is 3. The smallest absolute Gasteiger partial charge is 0.220 e. The van der Waals surface area contributed by atoms with Crippen molar-refractivity contribution in [2.75, 3.05) is 0 Å². The van der Waals surface area contributed by atoms with Crippen molar-refractivity contribution in [3.8, 4) is 0 Å². The van der Waals surface area contributed by atoms with Crippen LogP contribution in [0, 0.1) is 0 Å². The fraction of sp³-hybridized carbons (Fsp3) is 0. The Morgan fingerprint density at radius 3 is 3.06 bits per heavy atom. The Labute approximate surface area is 106 Å². The fourth-order valence-corrected chi connectivity index (χ4v) is 1.98. The molecule has 4 nitrogen and oxygen atoms in total. The molecule has 0 saturated carbocycles. The van der Waals surface area contributed by atoms with Crippen LogP contribution >= 0.6 is 23.1 Å². The zero-order chi connectivity index (χ0) is 11.7. The van der Waals surface area contributed by atoms with E-state index in [0.29, 0.717) is 16.5 Å². The molecular formula is C11H6ClN3OS. The molecule has 2 aromatic heterocycles. The van der Waals surface area contributed by atoms with Crippen molar-refractivity contribution in [3.05, 3.63) is 40.2 Å². The van der Waals surface area contributed by atoms with Crippen LogP contribution in [0.5, 0.6) is 0 Å². The highest BCUT2D eigenvalue weighted by Gasteiger charge is 2.03. The van der Waals surface area contributed by atoms with E-state index in [-0.39, 0.29) is 0 Å². The van der Waals surface area contributed by atoms with Crippen molar-refractivity contribution >= 4 is 46.4 Å². The van der Waals surface area contributed by atoms with E-state index in [4.69, 9.17) is 16.0 Å². The largest absolute Gasteiger partial charge is 0.437 e. The summed E-state index contributed by atoms with van der Waals surface area (Å²) >= 11 is 7.17. The Bertz CT molecular complexity index is 675. The maximum absolute atomic E-state index is 5.87. The molecule has 0 saturated heterocycles. The van der Waals surface area contributed by atoms with Crippen LogP contribution in [0.4, 0.5) is 0 Å². The number of halogens is 1. The third kappa shape index (κ3) is 2.20. The molecule has 0 N–H and O–H groups in total. The predicted molar refractivity (Wildman–Crippen MR) is 67.9 cm³/mol. The van der Waals surface area contributed by atoms with E-state index in [2.05, 4.69) is 14.6 Å². The highest BCUT2D eigenvalue weighted by atomic mass is 35.5. The van der Waals surface area contributed by atoms with Gasteiger partial charge >= 0.3 is 0 Å². The van der Waals surface area contributed by atoms with Crippen LogP contribution in [0.25, 0.3) is 23.3 Å². The predicted octanol–water partition coefficient (Wildman–Crippen LogP) is 3.50. The fourth-order valence-electron chi connectivity index (χ4n) is 1.39. The molecule has 0 aliphatic heterocycles. The molecule has 0 fully saturated rings. The molecule has 0 atom stereocenters. The third-order valence-corrected chi connectivity index (χ3v) is 2.90. The molecule has 3 aromatic rings. The van der Waals surface area contributed by atoms with Gasteiger partial charge in [0, 0.05) is 16.5 Å². The van der Waals surface area contributed by atoms with E-state index in [9.17, 15) is 0 Å². The summed E-state index contributed by atoms with van der Waals surface area (Å²) in [6.07, 6.45) is 3.56. The summed E-state index contributed by atoms with van der Waals surface area (Å²) in [5.74, 6) is 0.523. The highest BCUT2D eigenvalue weighted by molar-refractivity contribution is 7.03. The third-order valence-electron chi connectivity index (χ3n) is 2.14. The standard InChI is InChI=1S/C11H6ClN3OS/c12-7-1-3-10-9(5-7)13-11(16-10)4-2-8-6-17-15-14-8/h1-6H/b4-2+. The van der Waals surface area contributed by atoms with Gasteiger partial charge in [0.1, 0.15) is 5.52 Å². The van der Waals surface area contributed by atoms with Gasteiger partial charge in [0.25, 0.3) is 0 Å². The molecule has 0 unspecified atom stereocenters. The average molecular weight is 264 g/mol. The van der Waals surface area contributed by atoms with Crippen molar-refractivity contribution in [3.63, 3.8) is 0 Å². The van der Waals surface area contributed by atoms with Crippen LogP contribution in [0.15, 0.2) is 28.0 Å². The molecule has 0 aliphatic carbocycles. The lowest BCUT2D eigenvalue weighted by Gasteiger charge is -1.85. The van der Waals surface area contributed by atoms with E-state index in [0.717, 1.165) is 11.2 Å². The van der Waals surface area contributed by atoms with Crippen molar-refractivity contribution in [2.45, 2.75) is 0 Å². The minimum atomic E-state index is 0.523. The number of hydrogen-bond donors (Lipinski definition) is 0. The Hall–Kier alpha value is -1.72. The van der Waals surface area contributed by atoms with Crippen LogP contribution < -0.4 is 0 Å². The van der Waals surface area contributed by atoms with Gasteiger partial charge in [0.15, 0.2) is 5.58 Å². The SMILES string of the molecule is Clc1ccc2oc(/C=C/c3csnn3)nc2c1. The quantitative estimate of drug-likeness (QED) is 0.710. The van der Waals surface area contributed by atoms with Gasteiger partial charge in [-0.25, -0.2) is 4.98 Å². The summed E-state index contributed by atoms with van der Waals surface area (Å²) in [5, 5.41) is 6.38. The molecule has 0 bridgehead atoms. The number of oxazole rings is 1. The van der Waals surface area contributed by atoms with Crippen LogP contribution in [0.1, 0.15) is 11.6 Å². The molecule has 2 heterocycles. The van der Waals surface area contributed by atoms with Gasteiger partial charge in [0.05, 0.1) is 5.69 Å². The first-order chi connectivity index (χ1) is 8.31. The second-order valence-corrected chi connectivity index (χ2v) is 4.37. The average Bonchev–Trinajstić information content (AvgIpc) is 2.94. The number of rotatable bonds is 2. The van der Waals surface area contributed by atoms with Crippen molar-refractivity contribution in [1.82, 2.24) is 14.6 Å². The lowest BCUT2D eigenvalue weighted by atomic mass is 10.3. The summed E-state index contributed by atoms with van der Waals surface area (Å²) in [6, 6.07) is 5.33. The molecule has 6 heteroatoms. The van der Waals surface area contributed by atoms with Gasteiger partial charge in [-0.15, -0.1) is 5.10 Å². The van der Waals surface area contributed by atoms with E-state index in [1.54, 1.807) is 30.4 Å². The molecule has 84 valence electrons. The van der Waals surface area contributed by atoms with Crippen molar-refractivity contribution in [1.29, 1.82) is 0 Å². The first-order valence-electron chi connectivity index (χ1n) is 4.82. The molecule has 3 rings (SSSR count). The molecule has 1 aromatic carbocycles. The molecule has 0 amide bonds. The molecule has 0 spiro atoms. The van der Waals surface area contributed by atoms with Crippen molar-refractivity contribution in [2.24, 2.45) is 0 Å². The Kier molecular flexibility index (Phi) is 2.62. The van der Waals surface area contributed by atoms with E-state index in [1.807, 2.05) is 5.38 Å². The molecule has 17 heavy (non-hydrogen) atoms. The van der Waals surface area contributed by atoms with Crippen molar-refractivity contribution < 1.29 is 4.42 Å². The Balaban J connectivity index is 1.96. The number of fused-ring (bicyclic) bond motifs is 1.